The molecule has 1 aromatic rings. The van der Waals surface area contributed by atoms with Crippen LogP contribution in [-0.2, 0) is 11.2 Å². The summed E-state index contributed by atoms with van der Waals surface area (Å²) in [5.41, 5.74) is -0.785. The molecule has 1 unspecified atom stereocenters. The van der Waals surface area contributed by atoms with E-state index in [1.807, 2.05) is 37.3 Å². The summed E-state index contributed by atoms with van der Waals surface area (Å²) in [6.45, 7) is 1.86. The number of carbonyl (C=O) groups is 1. The summed E-state index contributed by atoms with van der Waals surface area (Å²) in [5, 5.41) is 18.9. The molecule has 2 N–H and O–H groups in total. The highest BCUT2D eigenvalue weighted by Gasteiger charge is 2.34. The van der Waals surface area contributed by atoms with Crippen LogP contribution >= 0.6 is 0 Å². The summed E-state index contributed by atoms with van der Waals surface area (Å²) >= 11 is 0. The van der Waals surface area contributed by atoms with Gasteiger partial charge in [0.25, 0.3) is 0 Å². The van der Waals surface area contributed by atoms with Gasteiger partial charge in [-0.2, -0.15) is 0 Å². The summed E-state index contributed by atoms with van der Waals surface area (Å²) < 4.78 is 0. The molecule has 3 nitrogen and oxygen atoms in total. The third-order valence-electron chi connectivity index (χ3n) is 2.40. The van der Waals surface area contributed by atoms with Crippen LogP contribution in [0.2, 0.25) is 0 Å². The largest absolute Gasteiger partial charge is 0.479 e. The number of carboxylic acid groups (broad SMARTS) is 1. The minimum absolute atomic E-state index is 0.164. The summed E-state index contributed by atoms with van der Waals surface area (Å²) in [6, 6.07) is 9.18. The standard InChI is InChI=1S/C12H16O3/c1-2-8-12(15,11(13)14)9-10-6-4-3-5-7-10/h3-7,15H,2,8-9H2,1H3,(H,13,14). The second-order valence-electron chi connectivity index (χ2n) is 3.75. The van der Waals surface area contributed by atoms with Gasteiger partial charge in [0.15, 0.2) is 5.60 Å². The van der Waals surface area contributed by atoms with Crippen LogP contribution in [0.25, 0.3) is 0 Å². The first kappa shape index (κ1) is 11.7. The summed E-state index contributed by atoms with van der Waals surface area (Å²) in [5.74, 6) is -1.15. The molecule has 0 aliphatic heterocycles. The maximum atomic E-state index is 11.0. The van der Waals surface area contributed by atoms with E-state index >= 15 is 0 Å². The van der Waals surface area contributed by atoms with Crippen molar-refractivity contribution in [3.8, 4) is 0 Å². The molecular formula is C12H16O3. The smallest absolute Gasteiger partial charge is 0.336 e. The van der Waals surface area contributed by atoms with Crippen molar-refractivity contribution in [1.29, 1.82) is 0 Å². The zero-order valence-corrected chi connectivity index (χ0v) is 8.81. The molecule has 0 aromatic heterocycles. The zero-order chi connectivity index (χ0) is 11.3. The van der Waals surface area contributed by atoms with Crippen molar-refractivity contribution >= 4 is 5.97 Å². The quantitative estimate of drug-likeness (QED) is 0.776. The Morgan fingerprint density at radius 3 is 2.40 bits per heavy atom. The third-order valence-corrected chi connectivity index (χ3v) is 2.40. The Morgan fingerprint density at radius 1 is 1.33 bits per heavy atom. The third kappa shape index (κ3) is 3.06. The number of hydrogen-bond acceptors (Lipinski definition) is 2. The molecule has 0 saturated heterocycles. The second-order valence-corrected chi connectivity index (χ2v) is 3.75. The van der Waals surface area contributed by atoms with Gasteiger partial charge in [0.05, 0.1) is 0 Å². The number of rotatable bonds is 5. The van der Waals surface area contributed by atoms with Gasteiger partial charge in [0.1, 0.15) is 0 Å². The molecule has 1 atom stereocenters. The highest BCUT2D eigenvalue weighted by Crippen LogP contribution is 2.19. The molecule has 0 saturated carbocycles. The Balaban J connectivity index is 2.80. The SMILES string of the molecule is CCCC(O)(Cc1ccccc1)C(=O)O. The monoisotopic (exact) mass is 208 g/mol. The second kappa shape index (κ2) is 4.94. The molecule has 1 rings (SSSR count). The fraction of sp³-hybridized carbons (Fsp3) is 0.417. The first-order valence-electron chi connectivity index (χ1n) is 5.08. The van der Waals surface area contributed by atoms with Gasteiger partial charge in [-0.3, -0.25) is 0 Å². The zero-order valence-electron chi connectivity index (χ0n) is 8.81. The average molecular weight is 208 g/mol. The maximum Gasteiger partial charge on any atom is 0.336 e. The fourth-order valence-corrected chi connectivity index (χ4v) is 1.62. The van der Waals surface area contributed by atoms with Crippen LogP contribution < -0.4 is 0 Å². The number of hydrogen-bond donors (Lipinski definition) is 2. The van der Waals surface area contributed by atoms with E-state index < -0.39 is 11.6 Å². The first-order chi connectivity index (χ1) is 7.08. The van der Waals surface area contributed by atoms with Gasteiger partial charge in [0, 0.05) is 6.42 Å². The number of aliphatic hydroxyl groups is 1. The van der Waals surface area contributed by atoms with Gasteiger partial charge in [-0.1, -0.05) is 43.7 Å². The molecule has 0 bridgehead atoms. The highest BCUT2D eigenvalue weighted by molar-refractivity contribution is 5.77. The first-order valence-corrected chi connectivity index (χ1v) is 5.08. The Hall–Kier alpha value is -1.35. The lowest BCUT2D eigenvalue weighted by Crippen LogP contribution is -2.40. The number of carboxylic acids is 1. The summed E-state index contributed by atoms with van der Waals surface area (Å²) in [7, 11) is 0. The van der Waals surface area contributed by atoms with Crippen molar-refractivity contribution in [2.45, 2.75) is 31.8 Å². The molecule has 0 heterocycles. The van der Waals surface area contributed by atoms with Crippen LogP contribution in [-0.4, -0.2) is 21.8 Å². The van der Waals surface area contributed by atoms with Crippen molar-refractivity contribution in [1.82, 2.24) is 0 Å². The molecule has 0 spiro atoms. The predicted molar refractivity (Wildman–Crippen MR) is 57.6 cm³/mol. The fourth-order valence-electron chi connectivity index (χ4n) is 1.62. The Kier molecular flexibility index (Phi) is 3.86. The van der Waals surface area contributed by atoms with Crippen LogP contribution in [0, 0.1) is 0 Å². The lowest BCUT2D eigenvalue weighted by atomic mass is 9.90. The average Bonchev–Trinajstić information content (AvgIpc) is 2.19. The normalized spacial score (nSPS) is 14.5. The number of aliphatic carboxylic acids is 1. The van der Waals surface area contributed by atoms with Gasteiger partial charge in [0.2, 0.25) is 0 Å². The molecule has 1 aromatic carbocycles. The summed E-state index contributed by atoms with van der Waals surface area (Å²) in [6.07, 6.45) is 1.09. The van der Waals surface area contributed by atoms with Crippen LogP contribution in [0.1, 0.15) is 25.3 Å². The van der Waals surface area contributed by atoms with Crippen LogP contribution in [0.15, 0.2) is 30.3 Å². The Labute approximate surface area is 89.4 Å². The van der Waals surface area contributed by atoms with E-state index in [0.29, 0.717) is 6.42 Å². The van der Waals surface area contributed by atoms with Crippen molar-refractivity contribution in [2.75, 3.05) is 0 Å². The van der Waals surface area contributed by atoms with Gasteiger partial charge in [-0.15, -0.1) is 0 Å². The van der Waals surface area contributed by atoms with Crippen LogP contribution in [0.5, 0.6) is 0 Å². The van der Waals surface area contributed by atoms with E-state index in [9.17, 15) is 9.90 Å². The molecule has 0 aliphatic carbocycles. The molecule has 3 heteroatoms. The molecule has 0 radical (unpaired) electrons. The van der Waals surface area contributed by atoms with Crippen molar-refractivity contribution in [3.63, 3.8) is 0 Å². The number of benzene rings is 1. The lowest BCUT2D eigenvalue weighted by Gasteiger charge is -2.22. The lowest BCUT2D eigenvalue weighted by molar-refractivity contribution is -0.159. The van der Waals surface area contributed by atoms with E-state index in [4.69, 9.17) is 5.11 Å². The van der Waals surface area contributed by atoms with Crippen molar-refractivity contribution in [3.05, 3.63) is 35.9 Å². The Bertz CT molecular complexity index is 321. The predicted octanol–water partition coefficient (Wildman–Crippen LogP) is 1.84. The van der Waals surface area contributed by atoms with Gasteiger partial charge >= 0.3 is 5.97 Å². The minimum Gasteiger partial charge on any atom is -0.479 e. The van der Waals surface area contributed by atoms with Crippen LogP contribution in [0.3, 0.4) is 0 Å². The van der Waals surface area contributed by atoms with E-state index in [-0.39, 0.29) is 12.8 Å². The van der Waals surface area contributed by atoms with Gasteiger partial charge in [-0.25, -0.2) is 4.79 Å². The molecule has 0 aliphatic rings. The minimum atomic E-state index is -1.63. The summed E-state index contributed by atoms with van der Waals surface area (Å²) in [4.78, 5) is 11.0. The highest BCUT2D eigenvalue weighted by atomic mass is 16.4. The molecule has 82 valence electrons. The van der Waals surface area contributed by atoms with E-state index in [0.717, 1.165) is 5.56 Å². The van der Waals surface area contributed by atoms with Crippen molar-refractivity contribution < 1.29 is 15.0 Å². The maximum absolute atomic E-state index is 11.0. The van der Waals surface area contributed by atoms with E-state index in [1.54, 1.807) is 0 Å². The molecule has 0 fully saturated rings. The Morgan fingerprint density at radius 2 is 1.93 bits per heavy atom. The van der Waals surface area contributed by atoms with Crippen molar-refractivity contribution in [2.24, 2.45) is 0 Å². The van der Waals surface area contributed by atoms with Crippen LogP contribution in [0.4, 0.5) is 0 Å². The van der Waals surface area contributed by atoms with E-state index in [2.05, 4.69) is 0 Å². The molecule has 0 amide bonds. The van der Waals surface area contributed by atoms with E-state index in [1.165, 1.54) is 0 Å². The van der Waals surface area contributed by atoms with Gasteiger partial charge in [-0.05, 0) is 12.0 Å². The molecular weight excluding hydrogens is 192 g/mol. The topological polar surface area (TPSA) is 57.5 Å². The van der Waals surface area contributed by atoms with Gasteiger partial charge < -0.3 is 10.2 Å². The molecule has 15 heavy (non-hydrogen) atoms.